The van der Waals surface area contributed by atoms with Crippen molar-refractivity contribution in [3.05, 3.63) is 11.8 Å². The Balaban J connectivity index is 2.39. The minimum Gasteiger partial charge on any atom is -0.384 e. The van der Waals surface area contributed by atoms with E-state index in [0.29, 0.717) is 11.7 Å². The summed E-state index contributed by atoms with van der Waals surface area (Å²) >= 11 is 0. The van der Waals surface area contributed by atoms with E-state index in [1.165, 1.54) is 12.8 Å². The first kappa shape index (κ1) is 6.39. The van der Waals surface area contributed by atoms with Gasteiger partial charge < -0.3 is 11.5 Å². The molecule has 1 aliphatic rings. The van der Waals surface area contributed by atoms with E-state index in [9.17, 15) is 0 Å². The summed E-state index contributed by atoms with van der Waals surface area (Å²) in [5.74, 6) is 1.34. The van der Waals surface area contributed by atoms with Crippen molar-refractivity contribution in [3.8, 4) is 0 Å². The summed E-state index contributed by atoms with van der Waals surface area (Å²) in [5.41, 5.74) is 11.9. The molecule has 0 atom stereocenters. The molecule has 11 heavy (non-hydrogen) atoms. The minimum absolute atomic E-state index is 0.284. The van der Waals surface area contributed by atoms with Crippen LogP contribution in [0.5, 0.6) is 0 Å². The molecule has 0 amide bonds. The Bertz CT molecular complexity index is 260. The van der Waals surface area contributed by atoms with Gasteiger partial charge in [-0.15, -0.1) is 0 Å². The quantitative estimate of drug-likeness (QED) is 0.611. The normalized spacial score (nSPS) is 16.7. The second-order valence-electron chi connectivity index (χ2n) is 2.85. The average Bonchev–Trinajstić information content (AvgIpc) is 2.64. The summed E-state index contributed by atoms with van der Waals surface area (Å²) in [6.07, 6.45) is 2.41. The van der Waals surface area contributed by atoms with Gasteiger partial charge in [-0.1, -0.05) is 0 Å². The minimum atomic E-state index is 0.284. The van der Waals surface area contributed by atoms with Crippen LogP contribution in [0.1, 0.15) is 24.5 Å². The Morgan fingerprint density at radius 1 is 1.27 bits per heavy atom. The molecule has 0 radical (unpaired) electrons. The standard InChI is InChI=1S/C7H10N4/c8-6-3-5(4-1-2-4)10-7(9)11-6/h3-4H,1-2H2,(H4,8,9,10,11). The predicted octanol–water partition coefficient (Wildman–Crippen LogP) is 0.518. The van der Waals surface area contributed by atoms with Crippen LogP contribution < -0.4 is 11.5 Å². The van der Waals surface area contributed by atoms with E-state index in [4.69, 9.17) is 11.5 Å². The van der Waals surface area contributed by atoms with Gasteiger partial charge in [0.15, 0.2) is 0 Å². The van der Waals surface area contributed by atoms with Gasteiger partial charge >= 0.3 is 0 Å². The summed E-state index contributed by atoms with van der Waals surface area (Å²) in [6.45, 7) is 0. The van der Waals surface area contributed by atoms with E-state index in [-0.39, 0.29) is 5.95 Å². The van der Waals surface area contributed by atoms with Gasteiger partial charge in [0.2, 0.25) is 5.95 Å². The third kappa shape index (κ3) is 1.24. The predicted molar refractivity (Wildman–Crippen MR) is 42.8 cm³/mol. The topological polar surface area (TPSA) is 77.8 Å². The van der Waals surface area contributed by atoms with Crippen molar-refractivity contribution in [2.24, 2.45) is 0 Å². The largest absolute Gasteiger partial charge is 0.384 e. The van der Waals surface area contributed by atoms with Crippen LogP contribution in [0.15, 0.2) is 6.07 Å². The highest BCUT2D eigenvalue weighted by molar-refractivity contribution is 5.37. The third-order valence-corrected chi connectivity index (χ3v) is 1.78. The van der Waals surface area contributed by atoms with Gasteiger partial charge in [0.1, 0.15) is 5.82 Å². The molecular weight excluding hydrogens is 140 g/mol. The molecule has 0 saturated heterocycles. The monoisotopic (exact) mass is 150 g/mol. The Labute approximate surface area is 64.6 Å². The van der Waals surface area contributed by atoms with Crippen LogP contribution in [-0.4, -0.2) is 9.97 Å². The lowest BCUT2D eigenvalue weighted by molar-refractivity contribution is 1.00. The molecule has 0 spiro atoms. The van der Waals surface area contributed by atoms with Crippen molar-refractivity contribution >= 4 is 11.8 Å². The summed E-state index contributed by atoms with van der Waals surface area (Å²) in [6, 6.07) is 1.80. The maximum absolute atomic E-state index is 5.49. The molecule has 1 aromatic heterocycles. The molecule has 1 heterocycles. The molecule has 0 bridgehead atoms. The summed E-state index contributed by atoms with van der Waals surface area (Å²) in [5, 5.41) is 0. The number of rotatable bonds is 1. The number of hydrogen-bond donors (Lipinski definition) is 2. The van der Waals surface area contributed by atoms with Gasteiger partial charge in [0.05, 0.1) is 5.69 Å². The Morgan fingerprint density at radius 3 is 2.55 bits per heavy atom. The Kier molecular flexibility index (Phi) is 1.21. The second kappa shape index (κ2) is 2.08. The van der Waals surface area contributed by atoms with Crippen LogP contribution in [0.25, 0.3) is 0 Å². The molecule has 0 unspecified atom stereocenters. The van der Waals surface area contributed by atoms with Crippen LogP contribution in [0.3, 0.4) is 0 Å². The lowest BCUT2D eigenvalue weighted by atomic mass is 10.3. The van der Waals surface area contributed by atoms with E-state index in [1.54, 1.807) is 6.07 Å². The van der Waals surface area contributed by atoms with Gasteiger partial charge in [0.25, 0.3) is 0 Å². The van der Waals surface area contributed by atoms with Crippen molar-refractivity contribution in [2.75, 3.05) is 11.5 Å². The number of nitrogens with zero attached hydrogens (tertiary/aromatic N) is 2. The molecule has 1 aromatic rings. The van der Waals surface area contributed by atoms with Gasteiger partial charge in [-0.05, 0) is 12.8 Å². The van der Waals surface area contributed by atoms with Gasteiger partial charge in [-0.2, -0.15) is 4.98 Å². The summed E-state index contributed by atoms with van der Waals surface area (Å²) < 4.78 is 0. The zero-order valence-electron chi connectivity index (χ0n) is 6.12. The van der Waals surface area contributed by atoms with Gasteiger partial charge in [-0.3, -0.25) is 0 Å². The highest BCUT2D eigenvalue weighted by Gasteiger charge is 2.25. The highest BCUT2D eigenvalue weighted by atomic mass is 15.0. The zero-order chi connectivity index (χ0) is 7.84. The number of aromatic nitrogens is 2. The first-order valence-corrected chi connectivity index (χ1v) is 3.65. The first-order valence-electron chi connectivity index (χ1n) is 3.65. The highest BCUT2D eigenvalue weighted by Crippen LogP contribution is 2.39. The molecule has 1 fully saturated rings. The van der Waals surface area contributed by atoms with Gasteiger partial charge in [0, 0.05) is 12.0 Å². The molecule has 1 aliphatic carbocycles. The summed E-state index contributed by atoms with van der Waals surface area (Å²) in [7, 11) is 0. The van der Waals surface area contributed by atoms with Crippen molar-refractivity contribution in [1.29, 1.82) is 0 Å². The van der Waals surface area contributed by atoms with Crippen molar-refractivity contribution in [1.82, 2.24) is 9.97 Å². The molecule has 4 nitrogen and oxygen atoms in total. The van der Waals surface area contributed by atoms with Crippen LogP contribution >= 0.6 is 0 Å². The van der Waals surface area contributed by atoms with Gasteiger partial charge in [-0.25, -0.2) is 4.98 Å². The molecular formula is C7H10N4. The molecule has 4 N–H and O–H groups in total. The fourth-order valence-electron chi connectivity index (χ4n) is 1.09. The molecule has 2 rings (SSSR count). The Hall–Kier alpha value is -1.32. The van der Waals surface area contributed by atoms with E-state index in [0.717, 1.165) is 5.69 Å². The third-order valence-electron chi connectivity index (χ3n) is 1.78. The number of anilines is 2. The lowest BCUT2D eigenvalue weighted by Gasteiger charge is -1.99. The van der Waals surface area contributed by atoms with Crippen molar-refractivity contribution in [2.45, 2.75) is 18.8 Å². The first-order chi connectivity index (χ1) is 5.25. The SMILES string of the molecule is Nc1cc(C2CC2)nc(N)n1. The van der Waals surface area contributed by atoms with Crippen LogP contribution in [-0.2, 0) is 0 Å². The van der Waals surface area contributed by atoms with Crippen molar-refractivity contribution < 1.29 is 0 Å². The molecule has 58 valence electrons. The average molecular weight is 150 g/mol. The molecule has 1 saturated carbocycles. The number of hydrogen-bond acceptors (Lipinski definition) is 4. The van der Waals surface area contributed by atoms with E-state index in [2.05, 4.69) is 9.97 Å². The number of nitrogens with two attached hydrogens (primary N) is 2. The number of nitrogen functional groups attached to an aromatic ring is 2. The lowest BCUT2D eigenvalue weighted by Crippen LogP contribution is -2.01. The van der Waals surface area contributed by atoms with Crippen LogP contribution in [0.4, 0.5) is 11.8 Å². The van der Waals surface area contributed by atoms with E-state index in [1.807, 2.05) is 0 Å². The smallest absolute Gasteiger partial charge is 0.222 e. The maximum Gasteiger partial charge on any atom is 0.222 e. The maximum atomic E-state index is 5.49. The molecule has 0 aromatic carbocycles. The fourth-order valence-corrected chi connectivity index (χ4v) is 1.09. The fraction of sp³-hybridized carbons (Fsp3) is 0.429. The van der Waals surface area contributed by atoms with Crippen LogP contribution in [0.2, 0.25) is 0 Å². The molecule has 0 aliphatic heterocycles. The summed E-state index contributed by atoms with van der Waals surface area (Å²) in [4.78, 5) is 7.87. The van der Waals surface area contributed by atoms with Crippen molar-refractivity contribution in [3.63, 3.8) is 0 Å². The van der Waals surface area contributed by atoms with E-state index < -0.39 is 0 Å². The van der Waals surface area contributed by atoms with E-state index >= 15 is 0 Å². The Morgan fingerprint density at radius 2 is 2.00 bits per heavy atom. The molecule has 4 heteroatoms. The zero-order valence-corrected chi connectivity index (χ0v) is 6.12. The second-order valence-corrected chi connectivity index (χ2v) is 2.85. The van der Waals surface area contributed by atoms with Crippen LogP contribution in [0, 0.1) is 0 Å².